The van der Waals surface area contributed by atoms with Gasteiger partial charge in [-0.1, -0.05) is 17.3 Å². The van der Waals surface area contributed by atoms with Crippen LogP contribution in [0.15, 0.2) is 40.1 Å². The summed E-state index contributed by atoms with van der Waals surface area (Å²) in [5.74, 6) is -0.131. The summed E-state index contributed by atoms with van der Waals surface area (Å²) in [6.07, 6.45) is 1.15. The molecule has 0 aliphatic heterocycles. The van der Waals surface area contributed by atoms with Crippen LogP contribution in [-0.2, 0) is 16.6 Å². The second-order valence-electron chi connectivity index (χ2n) is 2.77. The summed E-state index contributed by atoms with van der Waals surface area (Å²) in [5, 5.41) is 3.51. The summed E-state index contributed by atoms with van der Waals surface area (Å²) < 4.78 is 29.4. The van der Waals surface area contributed by atoms with Crippen LogP contribution in [0, 0.1) is 5.82 Å². The predicted molar refractivity (Wildman–Crippen MR) is 50.8 cm³/mol. The average Bonchev–Trinajstić information content (AvgIpc) is 2.71. The zero-order valence-corrected chi connectivity index (χ0v) is 8.41. The first-order valence-corrected chi connectivity index (χ1v) is 5.47. The smallest absolute Gasteiger partial charge is 0.213 e. The molecule has 1 aromatic heterocycles. The molecule has 1 unspecified atom stereocenters. The summed E-state index contributed by atoms with van der Waals surface area (Å²) >= 11 is 0. The number of hydrogen-bond acceptors (Lipinski definition) is 4. The van der Waals surface area contributed by atoms with E-state index in [9.17, 15) is 8.60 Å². The SMILES string of the molecule is O=S(Cc1ncon1)c1ccccc1F. The standard InChI is InChI=1S/C9H7FN2O2S/c10-7-3-1-2-4-8(7)15(13)5-9-11-6-14-12-9/h1-4,6H,5H2. The maximum atomic E-state index is 13.2. The van der Waals surface area contributed by atoms with Gasteiger partial charge in [-0.25, -0.2) is 4.39 Å². The molecular weight excluding hydrogens is 219 g/mol. The topological polar surface area (TPSA) is 56.0 Å². The van der Waals surface area contributed by atoms with Crippen LogP contribution in [0.3, 0.4) is 0 Å². The molecule has 1 heterocycles. The van der Waals surface area contributed by atoms with E-state index in [4.69, 9.17) is 0 Å². The number of halogens is 1. The Balaban J connectivity index is 2.19. The van der Waals surface area contributed by atoms with E-state index in [1.807, 2.05) is 0 Å². The first-order chi connectivity index (χ1) is 7.27. The molecule has 6 heteroatoms. The lowest BCUT2D eigenvalue weighted by Crippen LogP contribution is -2.00. The van der Waals surface area contributed by atoms with Crippen molar-refractivity contribution in [3.8, 4) is 0 Å². The van der Waals surface area contributed by atoms with Crippen molar-refractivity contribution in [2.75, 3.05) is 0 Å². The lowest BCUT2D eigenvalue weighted by Gasteiger charge is -1.99. The maximum Gasteiger partial charge on any atom is 0.213 e. The van der Waals surface area contributed by atoms with Crippen molar-refractivity contribution in [1.29, 1.82) is 0 Å². The van der Waals surface area contributed by atoms with Crippen molar-refractivity contribution in [3.63, 3.8) is 0 Å². The lowest BCUT2D eigenvalue weighted by atomic mass is 10.3. The average molecular weight is 226 g/mol. The van der Waals surface area contributed by atoms with Gasteiger partial charge in [0, 0.05) is 0 Å². The summed E-state index contributed by atoms with van der Waals surface area (Å²) in [4.78, 5) is 3.87. The normalized spacial score (nSPS) is 12.6. The molecule has 0 fully saturated rings. The molecule has 0 bridgehead atoms. The summed E-state index contributed by atoms with van der Waals surface area (Å²) in [5.41, 5.74) is 0. The summed E-state index contributed by atoms with van der Waals surface area (Å²) in [7, 11) is -1.48. The van der Waals surface area contributed by atoms with Crippen LogP contribution in [0.5, 0.6) is 0 Å². The van der Waals surface area contributed by atoms with E-state index in [1.165, 1.54) is 12.1 Å². The zero-order chi connectivity index (χ0) is 10.7. The Morgan fingerprint density at radius 1 is 1.40 bits per heavy atom. The van der Waals surface area contributed by atoms with E-state index in [-0.39, 0.29) is 10.6 Å². The first-order valence-electron chi connectivity index (χ1n) is 4.15. The molecular formula is C9H7FN2O2S. The van der Waals surface area contributed by atoms with Gasteiger partial charge in [-0.2, -0.15) is 4.98 Å². The molecule has 4 nitrogen and oxygen atoms in total. The fourth-order valence-electron chi connectivity index (χ4n) is 1.08. The molecule has 2 rings (SSSR count). The largest absolute Gasteiger partial charge is 0.343 e. The Morgan fingerprint density at radius 3 is 2.87 bits per heavy atom. The molecule has 1 atom stereocenters. The number of nitrogens with zero attached hydrogens (tertiary/aromatic N) is 2. The first kappa shape index (κ1) is 9.97. The van der Waals surface area contributed by atoms with Gasteiger partial charge in [0.1, 0.15) is 5.82 Å². The van der Waals surface area contributed by atoms with E-state index in [2.05, 4.69) is 14.7 Å². The predicted octanol–water partition coefficient (Wildman–Crippen LogP) is 1.52. The van der Waals surface area contributed by atoms with E-state index < -0.39 is 16.6 Å². The molecule has 0 radical (unpaired) electrons. The van der Waals surface area contributed by atoms with Gasteiger partial charge in [0.05, 0.1) is 21.4 Å². The molecule has 0 amide bonds. The van der Waals surface area contributed by atoms with Crippen LogP contribution in [0.2, 0.25) is 0 Å². The van der Waals surface area contributed by atoms with Gasteiger partial charge in [0.25, 0.3) is 0 Å². The highest BCUT2D eigenvalue weighted by Gasteiger charge is 2.12. The highest BCUT2D eigenvalue weighted by Crippen LogP contribution is 2.13. The van der Waals surface area contributed by atoms with Gasteiger partial charge >= 0.3 is 0 Å². The second kappa shape index (κ2) is 4.31. The Bertz CT molecular complexity index is 473. The van der Waals surface area contributed by atoms with Crippen molar-refractivity contribution in [1.82, 2.24) is 10.1 Å². The Hall–Kier alpha value is -1.56. The monoisotopic (exact) mass is 226 g/mol. The Morgan fingerprint density at radius 2 is 2.20 bits per heavy atom. The Kier molecular flexibility index (Phi) is 2.86. The quantitative estimate of drug-likeness (QED) is 0.796. The molecule has 0 saturated heterocycles. The van der Waals surface area contributed by atoms with Crippen molar-refractivity contribution in [2.45, 2.75) is 10.6 Å². The minimum Gasteiger partial charge on any atom is -0.343 e. The third kappa shape index (κ3) is 2.27. The minimum absolute atomic E-state index is 0.0530. The van der Waals surface area contributed by atoms with Crippen molar-refractivity contribution >= 4 is 10.8 Å². The molecule has 15 heavy (non-hydrogen) atoms. The van der Waals surface area contributed by atoms with Crippen LogP contribution in [0.25, 0.3) is 0 Å². The van der Waals surface area contributed by atoms with Crippen LogP contribution < -0.4 is 0 Å². The molecule has 0 N–H and O–H groups in total. The van der Waals surface area contributed by atoms with E-state index in [0.29, 0.717) is 5.82 Å². The highest BCUT2D eigenvalue weighted by molar-refractivity contribution is 7.84. The molecule has 0 saturated carbocycles. The van der Waals surface area contributed by atoms with Crippen LogP contribution >= 0.6 is 0 Å². The highest BCUT2D eigenvalue weighted by atomic mass is 32.2. The van der Waals surface area contributed by atoms with Crippen LogP contribution in [0.1, 0.15) is 5.82 Å². The van der Waals surface area contributed by atoms with Gasteiger partial charge < -0.3 is 4.52 Å². The van der Waals surface area contributed by atoms with Crippen molar-refractivity contribution in [3.05, 3.63) is 42.3 Å². The third-order valence-electron chi connectivity index (χ3n) is 1.75. The molecule has 0 spiro atoms. The zero-order valence-electron chi connectivity index (χ0n) is 7.59. The molecule has 2 aromatic rings. The van der Waals surface area contributed by atoms with E-state index in [1.54, 1.807) is 12.1 Å². The Labute approximate surface area is 87.6 Å². The molecule has 1 aromatic carbocycles. The number of rotatable bonds is 3. The van der Waals surface area contributed by atoms with Gasteiger partial charge in [-0.15, -0.1) is 0 Å². The van der Waals surface area contributed by atoms with Gasteiger partial charge in [-0.3, -0.25) is 4.21 Å². The van der Waals surface area contributed by atoms with Crippen LogP contribution in [0.4, 0.5) is 4.39 Å². The molecule has 0 aliphatic carbocycles. The maximum absolute atomic E-state index is 13.2. The van der Waals surface area contributed by atoms with E-state index in [0.717, 1.165) is 6.39 Å². The number of aromatic nitrogens is 2. The van der Waals surface area contributed by atoms with E-state index >= 15 is 0 Å². The summed E-state index contributed by atoms with van der Waals surface area (Å²) in [6, 6.07) is 5.92. The van der Waals surface area contributed by atoms with Gasteiger partial charge in [0.15, 0.2) is 5.82 Å². The second-order valence-corrected chi connectivity index (χ2v) is 4.19. The van der Waals surface area contributed by atoms with Crippen molar-refractivity contribution < 1.29 is 13.1 Å². The summed E-state index contributed by atoms with van der Waals surface area (Å²) in [6.45, 7) is 0. The van der Waals surface area contributed by atoms with Crippen molar-refractivity contribution in [2.24, 2.45) is 0 Å². The number of benzene rings is 1. The molecule has 0 aliphatic rings. The van der Waals surface area contributed by atoms with Crippen LogP contribution in [-0.4, -0.2) is 14.3 Å². The lowest BCUT2D eigenvalue weighted by molar-refractivity contribution is 0.412. The fraction of sp³-hybridized carbons (Fsp3) is 0.111. The van der Waals surface area contributed by atoms with Gasteiger partial charge in [-0.05, 0) is 12.1 Å². The van der Waals surface area contributed by atoms with Gasteiger partial charge in [0.2, 0.25) is 6.39 Å². The third-order valence-corrected chi connectivity index (χ3v) is 3.09. The molecule has 78 valence electrons. The fourth-order valence-corrected chi connectivity index (χ4v) is 2.11. The minimum atomic E-state index is -1.48. The number of hydrogen-bond donors (Lipinski definition) is 0.